The number of hydrogen-bond acceptors (Lipinski definition) is 6. The topological polar surface area (TPSA) is 73.9 Å². The molecule has 6 heteroatoms. The molecule has 0 saturated carbocycles. The van der Waals surface area contributed by atoms with Gasteiger partial charge in [-0.15, -0.1) is 0 Å². The number of esters is 1. The second-order valence-corrected chi connectivity index (χ2v) is 6.39. The van der Waals surface area contributed by atoms with Gasteiger partial charge < -0.3 is 14.2 Å². The van der Waals surface area contributed by atoms with Gasteiger partial charge >= 0.3 is 5.97 Å². The third-order valence-corrected chi connectivity index (χ3v) is 5.05. The minimum atomic E-state index is -0.977. The van der Waals surface area contributed by atoms with Crippen molar-refractivity contribution in [3.8, 4) is 0 Å². The lowest BCUT2D eigenvalue weighted by Crippen LogP contribution is -2.55. The molecule has 0 amide bonds. The Bertz CT molecular complexity index is 619. The zero-order valence-corrected chi connectivity index (χ0v) is 14.2. The van der Waals surface area contributed by atoms with Gasteiger partial charge in [0.25, 0.3) is 0 Å². The number of fused-ring (bicyclic) bond motifs is 1. The van der Waals surface area contributed by atoms with Gasteiger partial charge in [-0.2, -0.15) is 0 Å². The molecule has 2 heterocycles. The fourth-order valence-electron chi connectivity index (χ4n) is 3.80. The maximum atomic E-state index is 12.8. The third-order valence-electron chi connectivity index (χ3n) is 5.05. The van der Waals surface area contributed by atoms with Gasteiger partial charge in [0.05, 0.1) is 13.2 Å². The quantitative estimate of drug-likeness (QED) is 0.841. The number of carbonyl (C=O) groups is 2. The largest absolute Gasteiger partial charge is 0.465 e. The summed E-state index contributed by atoms with van der Waals surface area (Å²) in [7, 11) is 1.45. The molecule has 1 aromatic rings. The van der Waals surface area contributed by atoms with Gasteiger partial charge in [0, 0.05) is 25.0 Å². The molecule has 0 aliphatic carbocycles. The van der Waals surface area contributed by atoms with Crippen LogP contribution in [0.2, 0.25) is 0 Å². The lowest BCUT2D eigenvalue weighted by Gasteiger charge is -2.36. The highest BCUT2D eigenvalue weighted by Crippen LogP contribution is 2.46. The van der Waals surface area contributed by atoms with E-state index in [9.17, 15) is 9.59 Å². The summed E-state index contributed by atoms with van der Waals surface area (Å²) in [5.41, 5.74) is -0.0131. The minimum absolute atomic E-state index is 0.136. The first-order chi connectivity index (χ1) is 11.5. The summed E-state index contributed by atoms with van der Waals surface area (Å²) < 4.78 is 15.9. The summed E-state index contributed by atoms with van der Waals surface area (Å²) in [6, 6.07) is 9.39. The molecule has 1 N–H and O–H groups in total. The molecule has 0 radical (unpaired) electrons. The lowest BCUT2D eigenvalue weighted by atomic mass is 9.75. The van der Waals surface area contributed by atoms with Crippen LogP contribution in [-0.2, 0) is 23.8 Å². The summed E-state index contributed by atoms with van der Waals surface area (Å²) in [6.45, 7) is 4.11. The number of hydrogen-bond donors (Lipinski definition) is 1. The van der Waals surface area contributed by atoms with Crippen molar-refractivity contribution in [2.45, 2.75) is 31.7 Å². The first kappa shape index (κ1) is 17.1. The average Bonchev–Trinajstić information content (AvgIpc) is 2.91. The van der Waals surface area contributed by atoms with E-state index in [1.165, 1.54) is 7.11 Å². The normalized spacial score (nSPS) is 35.5. The first-order valence-electron chi connectivity index (χ1n) is 8.21. The SMILES string of the molecule is CCOC(=O)[C@]1(C)N[C@H](c2ccccc2)C2C(=O)[C@@H](OC)OCC21. The van der Waals surface area contributed by atoms with Crippen LogP contribution in [0.4, 0.5) is 0 Å². The molecule has 130 valence electrons. The van der Waals surface area contributed by atoms with E-state index in [0.29, 0.717) is 6.61 Å². The van der Waals surface area contributed by atoms with E-state index in [4.69, 9.17) is 14.2 Å². The van der Waals surface area contributed by atoms with Gasteiger partial charge in [0.2, 0.25) is 6.29 Å². The zero-order valence-electron chi connectivity index (χ0n) is 14.2. The molecule has 0 aromatic heterocycles. The van der Waals surface area contributed by atoms with E-state index in [-0.39, 0.29) is 30.3 Å². The predicted molar refractivity (Wildman–Crippen MR) is 86.1 cm³/mol. The summed E-state index contributed by atoms with van der Waals surface area (Å²) in [5, 5.41) is 3.35. The molecule has 0 spiro atoms. The van der Waals surface area contributed by atoms with E-state index in [2.05, 4.69) is 5.32 Å². The summed E-state index contributed by atoms with van der Waals surface area (Å²) >= 11 is 0. The number of rotatable bonds is 4. The number of ketones is 1. The highest BCUT2D eigenvalue weighted by atomic mass is 16.7. The molecule has 2 saturated heterocycles. The van der Waals surface area contributed by atoms with Crippen molar-refractivity contribution < 1.29 is 23.8 Å². The number of Topliss-reactive ketones (excluding diaryl/α,β-unsaturated/α-hetero) is 1. The van der Waals surface area contributed by atoms with E-state index in [1.807, 2.05) is 30.3 Å². The Morgan fingerprint density at radius 2 is 2.08 bits per heavy atom. The average molecular weight is 333 g/mol. The van der Waals surface area contributed by atoms with Crippen LogP contribution in [-0.4, -0.2) is 43.9 Å². The lowest BCUT2D eigenvalue weighted by molar-refractivity contribution is -0.190. The van der Waals surface area contributed by atoms with Gasteiger partial charge in [0.1, 0.15) is 5.54 Å². The predicted octanol–water partition coefficient (Wildman–Crippen LogP) is 1.46. The van der Waals surface area contributed by atoms with Crippen molar-refractivity contribution in [2.24, 2.45) is 11.8 Å². The molecule has 1 aromatic carbocycles. The van der Waals surface area contributed by atoms with Gasteiger partial charge in [-0.1, -0.05) is 30.3 Å². The van der Waals surface area contributed by atoms with Crippen LogP contribution in [0.25, 0.3) is 0 Å². The number of benzene rings is 1. The van der Waals surface area contributed by atoms with Crippen molar-refractivity contribution >= 4 is 11.8 Å². The number of ether oxygens (including phenoxy) is 3. The van der Waals surface area contributed by atoms with E-state index in [0.717, 1.165) is 5.56 Å². The van der Waals surface area contributed by atoms with Gasteiger partial charge in [-0.3, -0.25) is 14.9 Å². The molecule has 2 aliphatic rings. The Morgan fingerprint density at radius 3 is 2.71 bits per heavy atom. The molecular formula is C18H23NO5. The Hall–Kier alpha value is -1.76. The highest BCUT2D eigenvalue weighted by molar-refractivity contribution is 5.90. The van der Waals surface area contributed by atoms with Gasteiger partial charge in [0.15, 0.2) is 5.78 Å². The van der Waals surface area contributed by atoms with Crippen LogP contribution in [0.1, 0.15) is 25.5 Å². The summed E-state index contributed by atoms with van der Waals surface area (Å²) in [6.07, 6.45) is -0.885. The fourth-order valence-corrected chi connectivity index (χ4v) is 3.80. The van der Waals surface area contributed by atoms with Gasteiger partial charge in [-0.25, -0.2) is 0 Å². The van der Waals surface area contributed by atoms with Crippen LogP contribution >= 0.6 is 0 Å². The minimum Gasteiger partial charge on any atom is -0.465 e. The Labute approximate surface area is 141 Å². The molecule has 3 rings (SSSR count). The van der Waals surface area contributed by atoms with Crippen molar-refractivity contribution in [3.05, 3.63) is 35.9 Å². The highest BCUT2D eigenvalue weighted by Gasteiger charge is 2.61. The second kappa shape index (κ2) is 6.63. The second-order valence-electron chi connectivity index (χ2n) is 6.39. The zero-order chi connectivity index (χ0) is 17.3. The Kier molecular flexibility index (Phi) is 4.71. The van der Waals surface area contributed by atoms with Crippen LogP contribution < -0.4 is 5.32 Å². The summed E-state index contributed by atoms with van der Waals surface area (Å²) in [4.78, 5) is 25.4. The maximum Gasteiger partial charge on any atom is 0.326 e. The van der Waals surface area contributed by atoms with Crippen molar-refractivity contribution in [3.63, 3.8) is 0 Å². The van der Waals surface area contributed by atoms with Crippen LogP contribution in [0, 0.1) is 11.8 Å². The van der Waals surface area contributed by atoms with Crippen LogP contribution in [0.3, 0.4) is 0 Å². The molecule has 6 nitrogen and oxygen atoms in total. The molecule has 0 bridgehead atoms. The molecule has 2 aliphatic heterocycles. The van der Waals surface area contributed by atoms with Crippen molar-refractivity contribution in [1.82, 2.24) is 5.32 Å². The standard InChI is InChI=1S/C18H23NO5/c1-4-23-17(21)18(2)12-10-24-16(22-3)15(20)13(12)14(19-18)11-8-6-5-7-9-11/h5-9,12-14,16,19H,4,10H2,1-3H3/t12?,13?,14-,16+,18-/m1/s1. The maximum absolute atomic E-state index is 12.8. The third kappa shape index (κ3) is 2.64. The van der Waals surface area contributed by atoms with Crippen LogP contribution in [0.15, 0.2) is 30.3 Å². The molecule has 5 atom stereocenters. The van der Waals surface area contributed by atoms with Crippen LogP contribution in [0.5, 0.6) is 0 Å². The van der Waals surface area contributed by atoms with E-state index >= 15 is 0 Å². The smallest absolute Gasteiger partial charge is 0.326 e. The van der Waals surface area contributed by atoms with Crippen molar-refractivity contribution in [1.29, 1.82) is 0 Å². The number of nitrogens with one attached hydrogen (secondary N) is 1. The monoisotopic (exact) mass is 333 g/mol. The molecular weight excluding hydrogens is 310 g/mol. The number of carbonyl (C=O) groups excluding carboxylic acids is 2. The number of methoxy groups -OCH3 is 1. The summed E-state index contributed by atoms with van der Waals surface area (Å²) in [5.74, 6) is -1.20. The molecule has 2 unspecified atom stereocenters. The first-order valence-corrected chi connectivity index (χ1v) is 8.21. The molecule has 2 fully saturated rings. The van der Waals surface area contributed by atoms with Gasteiger partial charge in [-0.05, 0) is 19.4 Å². The van der Waals surface area contributed by atoms with E-state index < -0.39 is 17.7 Å². The van der Waals surface area contributed by atoms with E-state index in [1.54, 1.807) is 13.8 Å². The molecule has 24 heavy (non-hydrogen) atoms. The fraction of sp³-hybridized carbons (Fsp3) is 0.556. The Balaban J connectivity index is 2.00. The Morgan fingerprint density at radius 1 is 1.38 bits per heavy atom. The van der Waals surface area contributed by atoms with Crippen molar-refractivity contribution in [2.75, 3.05) is 20.3 Å².